The fourth-order valence-corrected chi connectivity index (χ4v) is 3.83. The van der Waals surface area contributed by atoms with Crippen LogP contribution in [0.5, 0.6) is 0 Å². The summed E-state index contributed by atoms with van der Waals surface area (Å²) < 4.78 is 5.20. The predicted molar refractivity (Wildman–Crippen MR) is 67.3 cm³/mol. The van der Waals surface area contributed by atoms with Crippen LogP contribution in [0.4, 0.5) is 0 Å². The summed E-state index contributed by atoms with van der Waals surface area (Å²) in [4.78, 5) is 12.0. The molecular weight excluding hydrogens is 219 g/mol. The Balaban J connectivity index is 2.31. The molecule has 2 rings (SSSR count). The van der Waals surface area contributed by atoms with E-state index in [9.17, 15) is 4.79 Å². The zero-order valence-electron chi connectivity index (χ0n) is 10.1. The van der Waals surface area contributed by atoms with Crippen LogP contribution >= 0.6 is 11.8 Å². The molecule has 1 aliphatic heterocycles. The Kier molecular flexibility index (Phi) is 2.69. The van der Waals surface area contributed by atoms with E-state index in [1.54, 1.807) is 6.92 Å². The van der Waals surface area contributed by atoms with Gasteiger partial charge in [-0.1, -0.05) is 18.3 Å². The third-order valence-electron chi connectivity index (χ3n) is 3.40. The van der Waals surface area contributed by atoms with Gasteiger partial charge in [-0.25, -0.2) is 0 Å². The molecule has 2 nitrogen and oxygen atoms in total. The van der Waals surface area contributed by atoms with Gasteiger partial charge >= 0.3 is 0 Å². The second kappa shape index (κ2) is 3.56. The van der Waals surface area contributed by atoms with E-state index in [0.717, 1.165) is 12.8 Å². The summed E-state index contributed by atoms with van der Waals surface area (Å²) in [6.45, 7) is 9.38. The monoisotopic (exact) mass is 236 g/mol. The van der Waals surface area contributed by atoms with Gasteiger partial charge in [-0.3, -0.25) is 4.79 Å². The lowest BCUT2D eigenvalue weighted by molar-refractivity contribution is -0.122. The largest absolute Gasteiger partial charge is 0.494 e. The first-order valence-electron chi connectivity index (χ1n) is 5.63. The van der Waals surface area contributed by atoms with Gasteiger partial charge in [-0.15, -0.1) is 0 Å². The Bertz CT molecular complexity index is 349. The van der Waals surface area contributed by atoms with Crippen LogP contribution in [-0.4, -0.2) is 23.7 Å². The molecule has 1 heterocycles. The minimum atomic E-state index is -0.556. The molecule has 0 spiro atoms. The molecule has 2 unspecified atom stereocenters. The average molecular weight is 236 g/mol. The predicted octanol–water partition coefficient (Wildman–Crippen LogP) is 2.48. The van der Waals surface area contributed by atoms with E-state index in [1.165, 1.54) is 11.8 Å². The molecule has 0 amide bonds. The van der Waals surface area contributed by atoms with Crippen LogP contribution in [0.2, 0.25) is 0 Å². The van der Waals surface area contributed by atoms with Crippen LogP contribution in [0.25, 0.3) is 0 Å². The lowest BCUT2D eigenvalue weighted by atomic mass is 9.68. The van der Waals surface area contributed by atoms with Crippen molar-refractivity contribution in [2.24, 2.45) is 11.3 Å². The van der Waals surface area contributed by atoms with Gasteiger partial charge in [0.05, 0.1) is 19.0 Å². The first-order valence-corrected chi connectivity index (χ1v) is 6.44. The van der Waals surface area contributed by atoms with E-state index in [1.807, 2.05) is 13.8 Å². The van der Waals surface area contributed by atoms with E-state index in [2.05, 4.69) is 6.58 Å². The molecule has 0 aromatic rings. The molecule has 2 atom stereocenters. The van der Waals surface area contributed by atoms with Crippen molar-refractivity contribution in [3.05, 3.63) is 12.3 Å². The highest BCUT2D eigenvalue weighted by atomic mass is 32.2. The smallest absolute Gasteiger partial charge is 0.198 e. The van der Waals surface area contributed by atoms with Crippen molar-refractivity contribution in [2.75, 3.05) is 0 Å². The maximum absolute atomic E-state index is 12.0. The minimum absolute atomic E-state index is 0.133. The molecule has 86 valence electrons. The average Bonchev–Trinajstić information content (AvgIpc) is 2.93. The number of rotatable bonds is 3. The van der Waals surface area contributed by atoms with Gasteiger partial charge in [0.25, 0.3) is 0 Å². The van der Waals surface area contributed by atoms with Crippen LogP contribution in [0.15, 0.2) is 12.3 Å². The van der Waals surface area contributed by atoms with Crippen LogP contribution in [0, 0.1) is 11.3 Å². The summed E-state index contributed by atoms with van der Waals surface area (Å²) in [5.74, 6) is 1.04. The van der Waals surface area contributed by atoms with Crippen LogP contribution in [-0.2, 0) is 9.53 Å². The van der Waals surface area contributed by atoms with E-state index >= 15 is 0 Å². The van der Waals surface area contributed by atoms with E-state index < -0.39 is 10.1 Å². The van der Waals surface area contributed by atoms with Crippen molar-refractivity contribution in [3.63, 3.8) is 0 Å². The Morgan fingerprint density at radius 1 is 1.56 bits per heavy atom. The normalized spacial score (nSPS) is 37.4. The molecule has 1 aliphatic carbocycles. The quantitative estimate of drug-likeness (QED) is 0.556. The molecule has 2 radical (unpaired) electrons. The highest BCUT2D eigenvalue weighted by Gasteiger charge is 2.62. The number of ether oxygens (including phenoxy) is 1. The molecule has 1 saturated carbocycles. The second-order valence-corrected chi connectivity index (χ2v) is 6.72. The summed E-state index contributed by atoms with van der Waals surface area (Å²) in [6, 6.07) is 0. The van der Waals surface area contributed by atoms with E-state index in [-0.39, 0.29) is 11.2 Å². The minimum Gasteiger partial charge on any atom is -0.494 e. The Labute approximate surface area is 103 Å². The Hall–Kier alpha value is -0.375. The maximum Gasteiger partial charge on any atom is 0.198 e. The van der Waals surface area contributed by atoms with Crippen molar-refractivity contribution in [3.8, 4) is 0 Å². The van der Waals surface area contributed by atoms with Crippen LogP contribution in [0.1, 0.15) is 33.6 Å². The highest BCUT2D eigenvalue weighted by molar-refractivity contribution is 8.16. The van der Waals surface area contributed by atoms with Gasteiger partial charge in [0.15, 0.2) is 5.12 Å². The fourth-order valence-electron chi connectivity index (χ4n) is 2.29. The number of carbonyl (C=O) groups is 1. The zero-order chi connectivity index (χ0) is 12.1. The van der Waals surface area contributed by atoms with Crippen molar-refractivity contribution in [1.29, 1.82) is 0 Å². The van der Waals surface area contributed by atoms with Crippen LogP contribution < -0.4 is 0 Å². The van der Waals surface area contributed by atoms with Crippen molar-refractivity contribution in [2.45, 2.75) is 44.4 Å². The molecular formula is C12H17BO2S. The van der Waals surface area contributed by atoms with Gasteiger partial charge in [-0.2, -0.15) is 0 Å². The summed E-state index contributed by atoms with van der Waals surface area (Å²) in [5.41, 5.74) is -0.527. The summed E-state index contributed by atoms with van der Waals surface area (Å²) >= 11 is 1.27. The molecule has 0 aromatic heterocycles. The molecule has 16 heavy (non-hydrogen) atoms. The SMILES string of the molecule is [B]C1(C2CC2)SC(=O)C(C)(C)C1OC(=C)C. The number of hydrogen-bond donors (Lipinski definition) is 0. The molecule has 2 aliphatic rings. The van der Waals surface area contributed by atoms with E-state index in [0.29, 0.717) is 11.7 Å². The third kappa shape index (κ3) is 1.71. The standard InChI is InChI=1S/C12H17BO2S/c1-7(2)15-9-11(3,4)10(14)16-12(9,13)8-5-6-8/h8-9H,1,5-6H2,2-4H3. The second-order valence-electron chi connectivity index (χ2n) is 5.44. The summed E-state index contributed by atoms with van der Waals surface area (Å²) in [5, 5.41) is 0.133. The van der Waals surface area contributed by atoms with Gasteiger partial charge in [0, 0.05) is 4.65 Å². The zero-order valence-corrected chi connectivity index (χ0v) is 10.9. The number of carbonyl (C=O) groups excluding carboxylic acids is 1. The number of allylic oxidation sites excluding steroid dienone is 1. The van der Waals surface area contributed by atoms with Crippen molar-refractivity contribution >= 4 is 24.7 Å². The van der Waals surface area contributed by atoms with Crippen LogP contribution in [0.3, 0.4) is 0 Å². The molecule has 4 heteroatoms. The molecule has 0 N–H and O–H groups in total. The van der Waals surface area contributed by atoms with Gasteiger partial charge in [0.1, 0.15) is 6.10 Å². The molecule has 0 bridgehead atoms. The van der Waals surface area contributed by atoms with Crippen molar-refractivity contribution < 1.29 is 9.53 Å². The topological polar surface area (TPSA) is 26.3 Å². The number of thioether (sulfide) groups is 1. The Morgan fingerprint density at radius 2 is 2.12 bits per heavy atom. The molecule has 2 fully saturated rings. The van der Waals surface area contributed by atoms with E-state index in [4.69, 9.17) is 12.6 Å². The summed E-state index contributed by atoms with van der Waals surface area (Å²) in [6.07, 6.45) is 1.94. The molecule has 0 aromatic carbocycles. The summed E-state index contributed by atoms with van der Waals surface area (Å²) in [7, 11) is 6.40. The fraction of sp³-hybridized carbons (Fsp3) is 0.750. The van der Waals surface area contributed by atoms with Gasteiger partial charge < -0.3 is 4.74 Å². The number of hydrogen-bond acceptors (Lipinski definition) is 3. The van der Waals surface area contributed by atoms with Gasteiger partial charge in [0.2, 0.25) is 0 Å². The first kappa shape index (κ1) is 12.1. The van der Waals surface area contributed by atoms with Crippen molar-refractivity contribution in [1.82, 2.24) is 0 Å². The Morgan fingerprint density at radius 3 is 2.56 bits per heavy atom. The highest BCUT2D eigenvalue weighted by Crippen LogP contribution is 2.59. The van der Waals surface area contributed by atoms with Gasteiger partial charge in [-0.05, 0) is 39.5 Å². The third-order valence-corrected chi connectivity index (χ3v) is 5.01. The maximum atomic E-state index is 12.0. The molecule has 1 saturated heterocycles. The lowest BCUT2D eigenvalue weighted by Crippen LogP contribution is -2.46. The first-order chi connectivity index (χ1) is 7.28. The lowest BCUT2D eigenvalue weighted by Gasteiger charge is -2.36.